The minimum atomic E-state index is -0.963. The molecule has 0 aromatic heterocycles. The summed E-state index contributed by atoms with van der Waals surface area (Å²) < 4.78 is 0. The Balaban J connectivity index is 0. The van der Waals surface area contributed by atoms with Crippen molar-refractivity contribution in [2.24, 2.45) is 0 Å². The topological polar surface area (TPSA) is 49.3 Å². The summed E-state index contributed by atoms with van der Waals surface area (Å²) in [5.41, 5.74) is 2.94. The van der Waals surface area contributed by atoms with Crippen molar-refractivity contribution in [2.45, 2.75) is 66.8 Å². The number of hydrogen-bond acceptors (Lipinski definition) is 1. The van der Waals surface area contributed by atoms with E-state index in [1.807, 2.05) is 13.8 Å². The van der Waals surface area contributed by atoms with E-state index in [0.29, 0.717) is 0 Å². The van der Waals surface area contributed by atoms with Gasteiger partial charge in [-0.15, -0.1) is 0 Å². The van der Waals surface area contributed by atoms with Crippen molar-refractivity contribution in [3.05, 3.63) is 35.4 Å². The van der Waals surface area contributed by atoms with E-state index in [1.165, 1.54) is 30.4 Å². The third-order valence-electron chi connectivity index (χ3n) is 2.47. The molecule has 1 aromatic rings. The monoisotopic (exact) mass is 281 g/mol. The first kappa shape index (κ1) is 20.8. The zero-order valence-electron chi connectivity index (χ0n) is 13.9. The van der Waals surface area contributed by atoms with Gasteiger partial charge < -0.3 is 10.4 Å². The third-order valence-corrected chi connectivity index (χ3v) is 2.47. The Morgan fingerprint density at radius 2 is 1.80 bits per heavy atom. The van der Waals surface area contributed by atoms with Crippen LogP contribution in [-0.2, 0) is 6.42 Å². The number of nitrogens with one attached hydrogen (secondary N) is 1. The Morgan fingerprint density at radius 3 is 2.15 bits per heavy atom. The highest BCUT2D eigenvalue weighted by Crippen LogP contribution is 2.09. The normalized spacial score (nSPS) is 8.95. The van der Waals surface area contributed by atoms with Crippen molar-refractivity contribution >= 4 is 6.09 Å². The molecule has 1 aromatic carbocycles. The van der Waals surface area contributed by atoms with E-state index in [2.05, 4.69) is 43.4 Å². The number of amides is 1. The Bertz CT molecular complexity index is 349. The summed E-state index contributed by atoms with van der Waals surface area (Å²) in [6.07, 6.45) is 2.87. The Hall–Kier alpha value is -1.51. The van der Waals surface area contributed by atoms with E-state index >= 15 is 0 Å². The fourth-order valence-corrected chi connectivity index (χ4v) is 1.50. The van der Waals surface area contributed by atoms with Gasteiger partial charge in [-0.1, -0.05) is 51.5 Å². The molecule has 0 spiro atoms. The second-order valence-electron chi connectivity index (χ2n) is 4.63. The molecule has 0 aliphatic heterocycles. The number of benzene rings is 1. The van der Waals surface area contributed by atoms with Gasteiger partial charge >= 0.3 is 6.09 Å². The lowest BCUT2D eigenvalue weighted by molar-refractivity contribution is 0.191. The van der Waals surface area contributed by atoms with Crippen LogP contribution in [0.15, 0.2) is 24.3 Å². The zero-order chi connectivity index (χ0) is 16.0. The lowest BCUT2D eigenvalue weighted by atomic mass is 10.0. The van der Waals surface area contributed by atoms with Gasteiger partial charge in [-0.2, -0.15) is 0 Å². The molecule has 0 radical (unpaired) electrons. The van der Waals surface area contributed by atoms with E-state index in [-0.39, 0.29) is 6.04 Å². The van der Waals surface area contributed by atoms with Crippen LogP contribution in [0.2, 0.25) is 0 Å². The fourth-order valence-electron chi connectivity index (χ4n) is 1.50. The summed E-state index contributed by atoms with van der Waals surface area (Å²) in [7, 11) is 0. The van der Waals surface area contributed by atoms with Crippen molar-refractivity contribution in [1.29, 1.82) is 0 Å². The van der Waals surface area contributed by atoms with Crippen LogP contribution in [0.1, 0.15) is 58.6 Å². The van der Waals surface area contributed by atoms with Gasteiger partial charge in [0.05, 0.1) is 0 Å². The van der Waals surface area contributed by atoms with Crippen LogP contribution in [0.3, 0.4) is 0 Å². The summed E-state index contributed by atoms with van der Waals surface area (Å²) >= 11 is 0. The number of aryl methyl sites for hydroxylation is 2. The Kier molecular flexibility index (Phi) is 14.5. The number of rotatable bonds is 4. The van der Waals surface area contributed by atoms with Crippen LogP contribution in [0.4, 0.5) is 4.79 Å². The number of unbranched alkanes of at least 4 members (excludes halogenated alkanes) is 1. The van der Waals surface area contributed by atoms with Gasteiger partial charge in [0.2, 0.25) is 0 Å². The fraction of sp³-hybridized carbons (Fsp3) is 0.588. The van der Waals surface area contributed by atoms with Crippen LogP contribution >= 0.6 is 0 Å². The molecule has 20 heavy (non-hydrogen) atoms. The molecule has 1 amide bonds. The minimum absolute atomic E-state index is 0.0255. The second kappa shape index (κ2) is 13.9. The van der Waals surface area contributed by atoms with Crippen molar-refractivity contribution < 1.29 is 9.90 Å². The van der Waals surface area contributed by atoms with Crippen LogP contribution < -0.4 is 5.32 Å². The van der Waals surface area contributed by atoms with E-state index in [4.69, 9.17) is 5.11 Å². The average molecular weight is 281 g/mol. The molecule has 0 unspecified atom stereocenters. The smallest absolute Gasteiger partial charge is 0.404 e. The molecular weight excluding hydrogens is 250 g/mol. The van der Waals surface area contributed by atoms with Gasteiger partial charge in [0, 0.05) is 6.04 Å². The molecule has 3 heteroatoms. The standard InChI is InChI=1S/C11H16.C4H9NO2.C2H6/c1-3-4-8-11-9-6-5-7-10(11)2;1-3(2)5-4(6)7;1-2/h5-7,9H,3-4,8H2,1-2H3;3,5H,1-2H3,(H,6,7);1-2H3. The molecule has 1 rings (SSSR count). The van der Waals surface area contributed by atoms with Crippen LogP contribution in [0.25, 0.3) is 0 Å². The van der Waals surface area contributed by atoms with Crippen molar-refractivity contribution in [3.63, 3.8) is 0 Å². The van der Waals surface area contributed by atoms with Gasteiger partial charge in [0.15, 0.2) is 0 Å². The van der Waals surface area contributed by atoms with Crippen molar-refractivity contribution in [1.82, 2.24) is 5.32 Å². The van der Waals surface area contributed by atoms with Gasteiger partial charge in [-0.25, -0.2) is 4.79 Å². The molecule has 0 aliphatic rings. The lowest BCUT2D eigenvalue weighted by Gasteiger charge is -2.02. The SMILES string of the molecule is CC.CC(C)NC(=O)O.CCCCc1ccccc1C. The lowest BCUT2D eigenvalue weighted by Crippen LogP contribution is -2.27. The summed E-state index contributed by atoms with van der Waals surface area (Å²) in [6, 6.07) is 8.66. The van der Waals surface area contributed by atoms with Crippen LogP contribution in [0, 0.1) is 6.92 Å². The second-order valence-corrected chi connectivity index (χ2v) is 4.63. The highest BCUT2D eigenvalue weighted by molar-refractivity contribution is 5.64. The summed E-state index contributed by atoms with van der Waals surface area (Å²) in [4.78, 5) is 9.70. The summed E-state index contributed by atoms with van der Waals surface area (Å²) in [5.74, 6) is 0. The summed E-state index contributed by atoms with van der Waals surface area (Å²) in [5, 5.41) is 10.2. The average Bonchev–Trinajstić information content (AvgIpc) is 2.39. The van der Waals surface area contributed by atoms with Gasteiger partial charge in [-0.05, 0) is 44.7 Å². The molecular formula is C17H31NO2. The van der Waals surface area contributed by atoms with Crippen LogP contribution in [0.5, 0.6) is 0 Å². The van der Waals surface area contributed by atoms with Crippen LogP contribution in [-0.4, -0.2) is 17.2 Å². The molecule has 0 saturated carbocycles. The Morgan fingerprint density at radius 1 is 1.25 bits per heavy atom. The molecule has 0 saturated heterocycles. The van der Waals surface area contributed by atoms with Gasteiger partial charge in [-0.3, -0.25) is 0 Å². The van der Waals surface area contributed by atoms with Crippen molar-refractivity contribution in [3.8, 4) is 0 Å². The van der Waals surface area contributed by atoms with E-state index < -0.39 is 6.09 Å². The van der Waals surface area contributed by atoms with E-state index in [1.54, 1.807) is 13.8 Å². The first-order chi connectivity index (χ1) is 9.47. The maximum atomic E-state index is 9.70. The molecule has 0 atom stereocenters. The number of hydrogen-bond donors (Lipinski definition) is 2. The first-order valence-corrected chi connectivity index (χ1v) is 7.51. The van der Waals surface area contributed by atoms with Gasteiger partial charge in [0.1, 0.15) is 0 Å². The van der Waals surface area contributed by atoms with E-state index in [0.717, 1.165) is 0 Å². The molecule has 2 N–H and O–H groups in total. The predicted molar refractivity (Wildman–Crippen MR) is 87.4 cm³/mol. The number of carboxylic acid groups (broad SMARTS) is 1. The number of carbonyl (C=O) groups is 1. The largest absolute Gasteiger partial charge is 0.465 e. The molecule has 0 aliphatic carbocycles. The third kappa shape index (κ3) is 12.9. The predicted octanol–water partition coefficient (Wildman–Crippen LogP) is 5.03. The maximum absolute atomic E-state index is 9.70. The van der Waals surface area contributed by atoms with E-state index in [9.17, 15) is 4.79 Å². The Labute approximate surface area is 124 Å². The molecule has 3 nitrogen and oxygen atoms in total. The van der Waals surface area contributed by atoms with Crippen molar-refractivity contribution in [2.75, 3.05) is 0 Å². The summed E-state index contributed by atoms with van der Waals surface area (Å²) in [6.45, 7) is 12.0. The maximum Gasteiger partial charge on any atom is 0.404 e. The first-order valence-electron chi connectivity index (χ1n) is 7.51. The van der Waals surface area contributed by atoms with Gasteiger partial charge in [0.25, 0.3) is 0 Å². The molecule has 0 bridgehead atoms. The quantitative estimate of drug-likeness (QED) is 0.813. The highest BCUT2D eigenvalue weighted by atomic mass is 16.4. The molecule has 116 valence electrons. The molecule has 0 fully saturated rings. The highest BCUT2D eigenvalue weighted by Gasteiger charge is 1.94. The molecule has 0 heterocycles. The zero-order valence-corrected chi connectivity index (χ0v) is 13.9. The minimum Gasteiger partial charge on any atom is -0.465 e.